The van der Waals surface area contributed by atoms with E-state index in [2.05, 4.69) is 29.4 Å². The minimum Gasteiger partial charge on any atom is -0.464 e. The molecule has 96 valence electrons. The Labute approximate surface area is 112 Å². The standard InChI is InChI=1S/C11H19NO2S2Si/c1-14-11(13)9-7-16-10(12-9)8-15-5-6-17(2,3)4/h7H,5-6,8H2,1-4H3. The number of hydrogen-bond donors (Lipinski definition) is 0. The van der Waals surface area contributed by atoms with Gasteiger partial charge in [-0.15, -0.1) is 11.3 Å². The van der Waals surface area contributed by atoms with Crippen LogP contribution in [0.15, 0.2) is 5.38 Å². The number of nitrogens with zero attached hydrogens (tertiary/aromatic N) is 1. The molecule has 0 aromatic carbocycles. The smallest absolute Gasteiger partial charge is 0.357 e. The number of thioether (sulfide) groups is 1. The van der Waals surface area contributed by atoms with Crippen LogP contribution in [0.3, 0.4) is 0 Å². The summed E-state index contributed by atoms with van der Waals surface area (Å²) in [6, 6.07) is 1.33. The van der Waals surface area contributed by atoms with E-state index in [1.165, 1.54) is 30.2 Å². The lowest BCUT2D eigenvalue weighted by molar-refractivity contribution is 0.0595. The van der Waals surface area contributed by atoms with Crippen LogP contribution in [0.1, 0.15) is 15.5 Å². The second-order valence-corrected chi connectivity index (χ2v) is 12.7. The Morgan fingerprint density at radius 3 is 2.82 bits per heavy atom. The summed E-state index contributed by atoms with van der Waals surface area (Å²) in [5, 5.41) is 2.77. The average Bonchev–Trinajstić information content (AvgIpc) is 2.70. The minimum absolute atomic E-state index is 0.348. The zero-order chi connectivity index (χ0) is 12.9. The normalized spacial score (nSPS) is 11.5. The van der Waals surface area contributed by atoms with Crippen molar-refractivity contribution in [3.63, 3.8) is 0 Å². The highest BCUT2D eigenvalue weighted by atomic mass is 32.2. The van der Waals surface area contributed by atoms with E-state index in [0.717, 1.165) is 10.8 Å². The first-order chi connectivity index (χ1) is 7.92. The summed E-state index contributed by atoms with van der Waals surface area (Å²) >= 11 is 3.43. The number of methoxy groups -OCH3 is 1. The summed E-state index contributed by atoms with van der Waals surface area (Å²) in [6.07, 6.45) is 0. The third kappa shape index (κ3) is 5.70. The fourth-order valence-electron chi connectivity index (χ4n) is 1.11. The van der Waals surface area contributed by atoms with Gasteiger partial charge in [-0.2, -0.15) is 11.8 Å². The molecule has 0 aliphatic rings. The second kappa shape index (κ2) is 6.56. The molecule has 1 aromatic rings. The predicted molar refractivity (Wildman–Crippen MR) is 77.8 cm³/mol. The monoisotopic (exact) mass is 289 g/mol. The van der Waals surface area contributed by atoms with E-state index in [0.29, 0.717) is 5.69 Å². The van der Waals surface area contributed by atoms with Gasteiger partial charge in [-0.3, -0.25) is 0 Å². The zero-order valence-corrected chi connectivity index (χ0v) is 13.4. The van der Waals surface area contributed by atoms with Gasteiger partial charge in [0.1, 0.15) is 5.01 Å². The maximum atomic E-state index is 11.2. The quantitative estimate of drug-likeness (QED) is 0.456. The van der Waals surface area contributed by atoms with Crippen molar-refractivity contribution in [2.45, 2.75) is 31.4 Å². The van der Waals surface area contributed by atoms with Crippen molar-refractivity contribution in [1.29, 1.82) is 0 Å². The largest absolute Gasteiger partial charge is 0.464 e. The molecule has 1 aromatic heterocycles. The van der Waals surface area contributed by atoms with Gasteiger partial charge in [0.15, 0.2) is 5.69 Å². The van der Waals surface area contributed by atoms with Crippen LogP contribution in [-0.2, 0) is 10.5 Å². The molecule has 0 aliphatic heterocycles. The maximum absolute atomic E-state index is 11.2. The number of esters is 1. The minimum atomic E-state index is -0.926. The Kier molecular flexibility index (Phi) is 5.68. The average molecular weight is 289 g/mol. The molecule has 0 unspecified atom stereocenters. The SMILES string of the molecule is COC(=O)c1csc(CSCC[Si](C)(C)C)n1. The van der Waals surface area contributed by atoms with E-state index >= 15 is 0 Å². The molecule has 17 heavy (non-hydrogen) atoms. The predicted octanol–water partition coefficient (Wildman–Crippen LogP) is 3.50. The van der Waals surface area contributed by atoms with Crippen LogP contribution in [0.4, 0.5) is 0 Å². The lowest BCUT2D eigenvalue weighted by Crippen LogP contribution is -2.19. The van der Waals surface area contributed by atoms with Crippen LogP contribution in [-0.4, -0.2) is 31.9 Å². The molecule has 0 spiro atoms. The highest BCUT2D eigenvalue weighted by Gasteiger charge is 2.13. The van der Waals surface area contributed by atoms with E-state index in [4.69, 9.17) is 0 Å². The molecule has 1 heterocycles. The summed E-state index contributed by atoms with van der Waals surface area (Å²) in [7, 11) is 0.453. The molecule has 1 rings (SSSR count). The Hall–Kier alpha value is -0.333. The number of hydrogen-bond acceptors (Lipinski definition) is 5. The molecule has 0 fully saturated rings. The van der Waals surface area contributed by atoms with Crippen molar-refractivity contribution < 1.29 is 9.53 Å². The second-order valence-electron chi connectivity index (χ2n) is 4.98. The first kappa shape index (κ1) is 14.7. The zero-order valence-electron chi connectivity index (χ0n) is 10.8. The fraction of sp³-hybridized carbons (Fsp3) is 0.636. The molecule has 0 atom stereocenters. The van der Waals surface area contributed by atoms with E-state index in [-0.39, 0.29) is 5.97 Å². The van der Waals surface area contributed by atoms with E-state index in [1.807, 2.05) is 11.8 Å². The van der Waals surface area contributed by atoms with Crippen molar-refractivity contribution in [2.75, 3.05) is 12.9 Å². The Balaban J connectivity index is 2.33. The molecule has 6 heteroatoms. The number of thiazole rings is 1. The Morgan fingerprint density at radius 1 is 1.53 bits per heavy atom. The van der Waals surface area contributed by atoms with Crippen LogP contribution in [0.2, 0.25) is 25.7 Å². The summed E-state index contributed by atoms with van der Waals surface area (Å²) in [5.41, 5.74) is 0.429. The molecule has 0 radical (unpaired) electrons. The van der Waals surface area contributed by atoms with Gasteiger partial charge < -0.3 is 4.74 Å². The van der Waals surface area contributed by atoms with Gasteiger partial charge in [0, 0.05) is 19.2 Å². The lowest BCUT2D eigenvalue weighted by Gasteiger charge is -2.14. The first-order valence-corrected chi connectivity index (χ1v) is 11.3. The van der Waals surface area contributed by atoms with Crippen LogP contribution >= 0.6 is 23.1 Å². The van der Waals surface area contributed by atoms with Crippen molar-refractivity contribution in [3.8, 4) is 0 Å². The van der Waals surface area contributed by atoms with Crippen molar-refractivity contribution in [1.82, 2.24) is 4.98 Å². The summed E-state index contributed by atoms with van der Waals surface area (Å²) < 4.78 is 4.62. The van der Waals surface area contributed by atoms with Gasteiger partial charge in [0.05, 0.1) is 7.11 Å². The molecule has 0 saturated heterocycles. The number of ether oxygens (including phenoxy) is 1. The number of aromatic nitrogens is 1. The first-order valence-electron chi connectivity index (χ1n) is 5.53. The summed E-state index contributed by atoms with van der Waals surface area (Å²) in [6.45, 7) is 7.14. The molecular formula is C11H19NO2S2Si. The summed E-state index contributed by atoms with van der Waals surface area (Å²) in [4.78, 5) is 15.5. The molecule has 3 nitrogen and oxygen atoms in total. The van der Waals surface area contributed by atoms with Gasteiger partial charge in [-0.1, -0.05) is 19.6 Å². The molecular weight excluding hydrogens is 270 g/mol. The highest BCUT2D eigenvalue weighted by molar-refractivity contribution is 7.98. The van der Waals surface area contributed by atoms with Gasteiger partial charge in [0.25, 0.3) is 0 Å². The fourth-order valence-corrected chi connectivity index (χ4v) is 5.59. The van der Waals surface area contributed by atoms with Crippen LogP contribution in [0.5, 0.6) is 0 Å². The van der Waals surface area contributed by atoms with Gasteiger partial charge >= 0.3 is 5.97 Å². The van der Waals surface area contributed by atoms with Crippen LogP contribution in [0.25, 0.3) is 0 Å². The van der Waals surface area contributed by atoms with Crippen LogP contribution < -0.4 is 0 Å². The van der Waals surface area contributed by atoms with Gasteiger partial charge in [0.2, 0.25) is 0 Å². The Morgan fingerprint density at radius 2 is 2.24 bits per heavy atom. The maximum Gasteiger partial charge on any atom is 0.357 e. The van der Waals surface area contributed by atoms with Crippen LogP contribution in [0, 0.1) is 0 Å². The van der Waals surface area contributed by atoms with Gasteiger partial charge in [-0.25, -0.2) is 9.78 Å². The molecule has 0 aliphatic carbocycles. The number of carbonyl (C=O) groups is 1. The topological polar surface area (TPSA) is 39.2 Å². The number of rotatable bonds is 6. The Bertz CT molecular complexity index is 374. The third-order valence-electron chi connectivity index (χ3n) is 2.17. The third-order valence-corrected chi connectivity index (χ3v) is 6.28. The van der Waals surface area contributed by atoms with E-state index < -0.39 is 8.07 Å². The van der Waals surface area contributed by atoms with Gasteiger partial charge in [-0.05, 0) is 11.8 Å². The van der Waals surface area contributed by atoms with E-state index in [9.17, 15) is 4.79 Å². The lowest BCUT2D eigenvalue weighted by atomic mass is 10.5. The highest BCUT2D eigenvalue weighted by Crippen LogP contribution is 2.20. The molecule has 0 N–H and O–H groups in total. The van der Waals surface area contributed by atoms with Crippen molar-refractivity contribution in [3.05, 3.63) is 16.1 Å². The molecule has 0 saturated carbocycles. The van der Waals surface area contributed by atoms with E-state index in [1.54, 1.807) is 5.38 Å². The molecule has 0 amide bonds. The van der Waals surface area contributed by atoms with Crippen molar-refractivity contribution >= 4 is 37.1 Å². The number of carbonyl (C=O) groups excluding carboxylic acids is 1. The summed E-state index contributed by atoms with van der Waals surface area (Å²) in [5.74, 6) is 1.73. The van der Waals surface area contributed by atoms with Crippen molar-refractivity contribution in [2.24, 2.45) is 0 Å². The molecule has 0 bridgehead atoms.